The summed E-state index contributed by atoms with van der Waals surface area (Å²) in [6, 6.07) is 0. The van der Waals surface area contributed by atoms with Crippen molar-refractivity contribution in [1.29, 1.82) is 0 Å². The summed E-state index contributed by atoms with van der Waals surface area (Å²) < 4.78 is 0. The molecule has 0 amide bonds. The SMILES string of the molecule is CN1[C+]=CC(=C2C=[C+]N(CCO)C=C2)C=C1.[Cl-].[Cl-]. The van der Waals surface area contributed by atoms with E-state index in [2.05, 4.69) is 12.4 Å². The Hall–Kier alpha value is -1.34. The van der Waals surface area contributed by atoms with Crippen molar-refractivity contribution in [1.82, 2.24) is 9.80 Å². The van der Waals surface area contributed by atoms with E-state index in [0.29, 0.717) is 6.54 Å². The molecule has 5 heteroatoms. The van der Waals surface area contributed by atoms with Crippen molar-refractivity contribution in [3.05, 3.63) is 60.3 Å². The summed E-state index contributed by atoms with van der Waals surface area (Å²) in [6.07, 6.45) is 18.0. The molecular formula is C13H14Cl2N2O. The van der Waals surface area contributed by atoms with Crippen LogP contribution in [-0.2, 0) is 0 Å². The number of rotatable bonds is 2. The van der Waals surface area contributed by atoms with Crippen LogP contribution >= 0.6 is 0 Å². The smallest absolute Gasteiger partial charge is 0.153 e. The second kappa shape index (κ2) is 7.88. The maximum Gasteiger partial charge on any atom is 0.153 e. The fourth-order valence-electron chi connectivity index (χ4n) is 1.47. The van der Waals surface area contributed by atoms with E-state index in [0.717, 1.165) is 11.1 Å². The van der Waals surface area contributed by atoms with Crippen LogP contribution in [0, 0.1) is 12.4 Å². The van der Waals surface area contributed by atoms with E-state index in [9.17, 15) is 0 Å². The van der Waals surface area contributed by atoms with Gasteiger partial charge in [-0.3, -0.25) is 0 Å². The van der Waals surface area contributed by atoms with E-state index < -0.39 is 0 Å². The molecule has 0 saturated carbocycles. The minimum absolute atomic E-state index is 0. The molecule has 2 aliphatic rings. The highest BCUT2D eigenvalue weighted by atomic mass is 35.5. The van der Waals surface area contributed by atoms with E-state index >= 15 is 0 Å². The summed E-state index contributed by atoms with van der Waals surface area (Å²) in [5, 5.41) is 8.79. The van der Waals surface area contributed by atoms with Crippen LogP contribution in [0.1, 0.15) is 0 Å². The summed E-state index contributed by atoms with van der Waals surface area (Å²) >= 11 is 0. The van der Waals surface area contributed by atoms with E-state index in [1.54, 1.807) is 0 Å². The molecule has 2 rings (SSSR count). The van der Waals surface area contributed by atoms with Crippen molar-refractivity contribution >= 4 is 0 Å². The minimum atomic E-state index is 0. The maximum atomic E-state index is 8.79. The van der Waals surface area contributed by atoms with Gasteiger partial charge in [0.2, 0.25) is 0 Å². The van der Waals surface area contributed by atoms with Gasteiger partial charge in [0, 0.05) is 7.05 Å². The summed E-state index contributed by atoms with van der Waals surface area (Å²) in [4.78, 5) is 3.71. The molecule has 0 aromatic rings. The predicted octanol–water partition coefficient (Wildman–Crippen LogP) is -4.79. The summed E-state index contributed by atoms with van der Waals surface area (Å²) in [6.45, 7) is 0.714. The summed E-state index contributed by atoms with van der Waals surface area (Å²) in [5.41, 5.74) is 2.22. The van der Waals surface area contributed by atoms with Crippen LogP contribution in [0.5, 0.6) is 0 Å². The Morgan fingerprint density at radius 1 is 1.06 bits per heavy atom. The highest BCUT2D eigenvalue weighted by Crippen LogP contribution is 2.18. The fourth-order valence-corrected chi connectivity index (χ4v) is 1.47. The van der Waals surface area contributed by atoms with Gasteiger partial charge in [0.15, 0.2) is 11.1 Å². The van der Waals surface area contributed by atoms with Crippen molar-refractivity contribution in [2.75, 3.05) is 20.2 Å². The van der Waals surface area contributed by atoms with E-state index in [1.807, 2.05) is 53.6 Å². The number of aliphatic hydroxyl groups excluding tert-OH is 1. The Balaban J connectivity index is 0.00000144. The first-order chi connectivity index (χ1) is 7.79. The fraction of sp³-hybridized carbons (Fsp3) is 0.231. The Bertz CT molecular complexity index is 379. The molecule has 3 nitrogen and oxygen atoms in total. The molecule has 2 aliphatic heterocycles. The van der Waals surface area contributed by atoms with E-state index in [4.69, 9.17) is 5.11 Å². The highest BCUT2D eigenvalue weighted by Gasteiger charge is 2.18. The molecule has 0 aromatic heterocycles. The Labute approximate surface area is 120 Å². The number of hydrogen-bond donors (Lipinski definition) is 1. The first-order valence-corrected chi connectivity index (χ1v) is 5.19. The third-order valence-corrected chi connectivity index (χ3v) is 2.40. The normalized spacial score (nSPS) is 19.9. The number of hydrogen-bond acceptors (Lipinski definition) is 3. The molecule has 96 valence electrons. The zero-order valence-electron chi connectivity index (χ0n) is 9.98. The molecule has 2 heterocycles. The van der Waals surface area contributed by atoms with Gasteiger partial charge in [0.05, 0.1) is 25.3 Å². The standard InChI is InChI=1S/C13H14N2O.2ClH/c1-14-6-2-12(3-7-14)13-4-8-15(9-5-13)10-11-16;;/h2-6,8,16H,10-11H2,1H3;2*1H/q+2;;/p-2. The van der Waals surface area contributed by atoms with E-state index in [1.165, 1.54) is 0 Å². The van der Waals surface area contributed by atoms with Gasteiger partial charge in [0.1, 0.15) is 37.0 Å². The molecule has 0 aliphatic carbocycles. The van der Waals surface area contributed by atoms with Crippen LogP contribution in [0.25, 0.3) is 0 Å². The number of β-amino-alcohol motifs (C(OH)–C–C–N with tert-alkyl or cyclic N) is 1. The Morgan fingerprint density at radius 2 is 1.67 bits per heavy atom. The topological polar surface area (TPSA) is 26.7 Å². The summed E-state index contributed by atoms with van der Waals surface area (Å²) in [7, 11) is 1.94. The van der Waals surface area contributed by atoms with Crippen LogP contribution in [0.15, 0.2) is 47.9 Å². The minimum Gasteiger partial charge on any atom is -1.00 e. The lowest BCUT2D eigenvalue weighted by Crippen LogP contribution is -3.00. The average molecular weight is 285 g/mol. The third-order valence-electron chi connectivity index (χ3n) is 2.40. The molecule has 18 heavy (non-hydrogen) atoms. The largest absolute Gasteiger partial charge is 1.00 e. The lowest BCUT2D eigenvalue weighted by molar-refractivity contribution is -0.00100. The molecule has 0 unspecified atom stereocenters. The Kier molecular flexibility index (Phi) is 7.30. The number of aliphatic hydroxyl groups is 1. The van der Waals surface area contributed by atoms with E-state index in [-0.39, 0.29) is 31.4 Å². The quantitative estimate of drug-likeness (QED) is 0.516. The van der Waals surface area contributed by atoms with Gasteiger partial charge in [-0.25, -0.2) is 9.80 Å². The molecule has 0 bridgehead atoms. The van der Waals surface area contributed by atoms with Crippen molar-refractivity contribution < 1.29 is 29.9 Å². The Morgan fingerprint density at radius 3 is 2.11 bits per heavy atom. The van der Waals surface area contributed by atoms with Crippen molar-refractivity contribution in [3.63, 3.8) is 0 Å². The molecule has 0 atom stereocenters. The van der Waals surface area contributed by atoms with Crippen LogP contribution in [0.4, 0.5) is 0 Å². The lowest BCUT2D eigenvalue weighted by Gasteiger charge is -2.06. The highest BCUT2D eigenvalue weighted by molar-refractivity contribution is 5.47. The first-order valence-electron chi connectivity index (χ1n) is 5.19. The molecule has 0 radical (unpaired) electrons. The molecule has 0 aromatic carbocycles. The zero-order valence-corrected chi connectivity index (χ0v) is 11.5. The molecule has 1 N–H and O–H groups in total. The van der Waals surface area contributed by atoms with Crippen molar-refractivity contribution in [2.24, 2.45) is 0 Å². The first kappa shape index (κ1) is 16.7. The predicted molar refractivity (Wildman–Crippen MR) is 62.5 cm³/mol. The summed E-state index contributed by atoms with van der Waals surface area (Å²) in [5.74, 6) is 0. The monoisotopic (exact) mass is 284 g/mol. The lowest BCUT2D eigenvalue weighted by atomic mass is 10.1. The van der Waals surface area contributed by atoms with Gasteiger partial charge in [0.25, 0.3) is 0 Å². The molecule has 0 spiro atoms. The number of halogens is 2. The number of allylic oxidation sites excluding steroid dienone is 6. The van der Waals surface area contributed by atoms with Gasteiger partial charge in [-0.1, -0.05) is 0 Å². The van der Waals surface area contributed by atoms with Crippen LogP contribution < -0.4 is 24.8 Å². The van der Waals surface area contributed by atoms with Gasteiger partial charge in [-0.2, -0.15) is 0 Å². The van der Waals surface area contributed by atoms with Crippen molar-refractivity contribution in [2.45, 2.75) is 0 Å². The maximum absolute atomic E-state index is 8.79. The third kappa shape index (κ3) is 4.15. The van der Waals surface area contributed by atoms with Crippen molar-refractivity contribution in [3.8, 4) is 0 Å². The molecular weight excluding hydrogens is 271 g/mol. The van der Waals surface area contributed by atoms with Crippen LogP contribution in [0.2, 0.25) is 0 Å². The second-order valence-electron chi connectivity index (χ2n) is 3.62. The second-order valence-corrected chi connectivity index (χ2v) is 3.62. The van der Waals surface area contributed by atoms with Crippen LogP contribution in [-0.4, -0.2) is 35.1 Å². The van der Waals surface area contributed by atoms with Crippen LogP contribution in [0.3, 0.4) is 0 Å². The van der Waals surface area contributed by atoms with Gasteiger partial charge in [-0.15, -0.1) is 0 Å². The van der Waals surface area contributed by atoms with Gasteiger partial charge >= 0.3 is 0 Å². The number of nitrogens with zero attached hydrogens (tertiary/aromatic N) is 2. The zero-order chi connectivity index (χ0) is 11.4. The molecule has 0 saturated heterocycles. The average Bonchev–Trinajstić information content (AvgIpc) is 2.32. The van der Waals surface area contributed by atoms with Gasteiger partial charge < -0.3 is 29.9 Å². The van der Waals surface area contributed by atoms with Gasteiger partial charge in [-0.05, 0) is 0 Å². The molecule has 0 fully saturated rings.